The number of amides is 1. The Morgan fingerprint density at radius 2 is 2.35 bits per heavy atom. The summed E-state index contributed by atoms with van der Waals surface area (Å²) in [6.07, 6.45) is 4.08. The van der Waals surface area contributed by atoms with Crippen molar-refractivity contribution in [2.75, 3.05) is 18.5 Å². The van der Waals surface area contributed by atoms with Crippen LogP contribution in [0.5, 0.6) is 0 Å². The van der Waals surface area contributed by atoms with Gasteiger partial charge >= 0.3 is 0 Å². The van der Waals surface area contributed by atoms with E-state index in [1.54, 1.807) is 11.9 Å². The van der Waals surface area contributed by atoms with Crippen LogP contribution >= 0.6 is 0 Å². The van der Waals surface area contributed by atoms with Crippen molar-refractivity contribution in [1.29, 1.82) is 0 Å². The summed E-state index contributed by atoms with van der Waals surface area (Å²) < 4.78 is 5.44. The van der Waals surface area contributed by atoms with E-state index in [9.17, 15) is 4.79 Å². The first-order chi connectivity index (χ1) is 8.16. The summed E-state index contributed by atoms with van der Waals surface area (Å²) in [4.78, 5) is 13.6. The highest BCUT2D eigenvalue weighted by Gasteiger charge is 2.20. The number of piperidine rings is 1. The number of carbonyl (C=O) groups excluding carboxylic acids is 1. The van der Waals surface area contributed by atoms with Crippen LogP contribution in [-0.2, 0) is 4.79 Å². The number of carbonyl (C=O) groups is 1. The summed E-state index contributed by atoms with van der Waals surface area (Å²) in [6, 6.07) is 4.04. The van der Waals surface area contributed by atoms with Gasteiger partial charge < -0.3 is 9.73 Å². The molecule has 4 nitrogen and oxygen atoms in total. The van der Waals surface area contributed by atoms with Gasteiger partial charge in [0, 0.05) is 25.6 Å². The molecule has 4 heteroatoms. The molecular weight excluding hydrogens is 216 g/mol. The quantitative estimate of drug-likeness (QED) is 0.874. The minimum Gasteiger partial charge on any atom is -0.445 e. The normalized spacial score (nSPS) is 20.2. The maximum atomic E-state index is 12.0. The molecule has 0 radical (unpaired) electrons. The highest BCUT2D eigenvalue weighted by molar-refractivity contribution is 5.91. The van der Waals surface area contributed by atoms with Crippen LogP contribution < -0.4 is 10.2 Å². The molecule has 1 amide bonds. The molecule has 0 aromatic carbocycles. The monoisotopic (exact) mass is 236 g/mol. The van der Waals surface area contributed by atoms with Crippen LogP contribution in [-0.4, -0.2) is 25.5 Å². The molecule has 1 atom stereocenters. The molecule has 1 N–H and O–H groups in total. The maximum absolute atomic E-state index is 12.0. The van der Waals surface area contributed by atoms with Crippen molar-refractivity contribution in [3.63, 3.8) is 0 Å². The standard InChI is InChI=1S/C13H20N2O2/c1-10-6-7-13(17-10)15(2)12(16)9-11-5-3-4-8-14-11/h6-7,11,14H,3-5,8-9H2,1-2H3. The van der Waals surface area contributed by atoms with E-state index < -0.39 is 0 Å². The van der Waals surface area contributed by atoms with Gasteiger partial charge in [-0.2, -0.15) is 0 Å². The number of aryl methyl sites for hydroxylation is 1. The lowest BCUT2D eigenvalue weighted by atomic mass is 10.0. The molecule has 17 heavy (non-hydrogen) atoms. The van der Waals surface area contributed by atoms with E-state index in [1.165, 1.54) is 12.8 Å². The number of hydrogen-bond donors (Lipinski definition) is 1. The Balaban J connectivity index is 1.90. The van der Waals surface area contributed by atoms with Gasteiger partial charge in [0.05, 0.1) is 0 Å². The third kappa shape index (κ3) is 3.09. The zero-order valence-corrected chi connectivity index (χ0v) is 10.5. The molecule has 1 aromatic heterocycles. The molecule has 94 valence electrons. The first-order valence-corrected chi connectivity index (χ1v) is 6.23. The zero-order chi connectivity index (χ0) is 12.3. The SMILES string of the molecule is Cc1ccc(N(C)C(=O)CC2CCCCN2)o1. The van der Waals surface area contributed by atoms with Gasteiger partial charge in [-0.15, -0.1) is 0 Å². The number of nitrogens with zero attached hydrogens (tertiary/aromatic N) is 1. The molecule has 2 rings (SSSR count). The molecule has 1 aliphatic heterocycles. The fourth-order valence-corrected chi connectivity index (χ4v) is 2.17. The molecule has 0 saturated carbocycles. The van der Waals surface area contributed by atoms with Crippen LogP contribution in [0.2, 0.25) is 0 Å². The predicted octanol–water partition coefficient (Wildman–Crippen LogP) is 2.08. The van der Waals surface area contributed by atoms with Gasteiger partial charge in [0.25, 0.3) is 0 Å². The average Bonchev–Trinajstić information content (AvgIpc) is 2.76. The molecule has 0 aliphatic carbocycles. The highest BCUT2D eigenvalue weighted by Crippen LogP contribution is 2.18. The minimum atomic E-state index is 0.110. The van der Waals surface area contributed by atoms with E-state index >= 15 is 0 Å². The number of furan rings is 1. The Labute approximate surface area is 102 Å². The van der Waals surface area contributed by atoms with Crippen LogP contribution in [0, 0.1) is 6.92 Å². The van der Waals surface area contributed by atoms with Gasteiger partial charge in [-0.05, 0) is 32.4 Å². The lowest BCUT2D eigenvalue weighted by Gasteiger charge is -2.24. The van der Waals surface area contributed by atoms with E-state index in [2.05, 4.69) is 5.32 Å². The Kier molecular flexibility index (Phi) is 3.84. The second kappa shape index (κ2) is 5.36. The van der Waals surface area contributed by atoms with Gasteiger partial charge in [-0.1, -0.05) is 6.42 Å². The Morgan fingerprint density at radius 3 is 2.94 bits per heavy atom. The Hall–Kier alpha value is -1.29. The summed E-state index contributed by atoms with van der Waals surface area (Å²) >= 11 is 0. The third-order valence-electron chi connectivity index (χ3n) is 3.26. The molecule has 1 saturated heterocycles. The van der Waals surface area contributed by atoms with Crippen LogP contribution in [0.15, 0.2) is 16.5 Å². The zero-order valence-electron chi connectivity index (χ0n) is 10.5. The molecule has 0 bridgehead atoms. The maximum Gasteiger partial charge on any atom is 0.230 e. The van der Waals surface area contributed by atoms with Crippen molar-refractivity contribution in [3.8, 4) is 0 Å². The lowest BCUT2D eigenvalue weighted by Crippen LogP contribution is -2.39. The first-order valence-electron chi connectivity index (χ1n) is 6.23. The van der Waals surface area contributed by atoms with Crippen LogP contribution in [0.4, 0.5) is 5.88 Å². The Bertz CT molecular complexity index is 381. The third-order valence-corrected chi connectivity index (χ3v) is 3.26. The van der Waals surface area contributed by atoms with Crippen molar-refractivity contribution >= 4 is 11.8 Å². The molecule has 1 aliphatic rings. The summed E-state index contributed by atoms with van der Waals surface area (Å²) in [5, 5.41) is 3.38. The van der Waals surface area contributed by atoms with E-state index in [0.29, 0.717) is 18.3 Å². The van der Waals surface area contributed by atoms with Crippen LogP contribution in [0.3, 0.4) is 0 Å². The number of nitrogens with one attached hydrogen (secondary N) is 1. The minimum absolute atomic E-state index is 0.110. The predicted molar refractivity (Wildman–Crippen MR) is 67.1 cm³/mol. The van der Waals surface area contributed by atoms with Crippen molar-refractivity contribution in [2.45, 2.75) is 38.6 Å². The second-order valence-corrected chi connectivity index (χ2v) is 4.69. The van der Waals surface area contributed by atoms with Gasteiger partial charge in [0.2, 0.25) is 11.8 Å². The van der Waals surface area contributed by atoms with Crippen molar-refractivity contribution in [3.05, 3.63) is 17.9 Å². The van der Waals surface area contributed by atoms with Gasteiger partial charge in [-0.3, -0.25) is 9.69 Å². The average molecular weight is 236 g/mol. The molecular formula is C13H20N2O2. The van der Waals surface area contributed by atoms with Gasteiger partial charge in [0.15, 0.2) is 0 Å². The number of hydrogen-bond acceptors (Lipinski definition) is 3. The van der Waals surface area contributed by atoms with Crippen molar-refractivity contribution < 1.29 is 9.21 Å². The molecule has 1 aromatic rings. The Morgan fingerprint density at radius 1 is 1.53 bits per heavy atom. The molecule has 1 fully saturated rings. The van der Waals surface area contributed by atoms with Crippen molar-refractivity contribution in [2.24, 2.45) is 0 Å². The lowest BCUT2D eigenvalue weighted by molar-refractivity contribution is -0.119. The molecule has 1 unspecified atom stereocenters. The first kappa shape index (κ1) is 12.2. The van der Waals surface area contributed by atoms with E-state index in [1.807, 2.05) is 19.1 Å². The summed E-state index contributed by atoms with van der Waals surface area (Å²) in [5.41, 5.74) is 0. The van der Waals surface area contributed by atoms with Crippen LogP contribution in [0.1, 0.15) is 31.4 Å². The largest absolute Gasteiger partial charge is 0.445 e. The number of anilines is 1. The van der Waals surface area contributed by atoms with Gasteiger partial charge in [-0.25, -0.2) is 0 Å². The topological polar surface area (TPSA) is 45.5 Å². The van der Waals surface area contributed by atoms with E-state index in [0.717, 1.165) is 18.7 Å². The second-order valence-electron chi connectivity index (χ2n) is 4.69. The number of rotatable bonds is 3. The van der Waals surface area contributed by atoms with Crippen molar-refractivity contribution in [1.82, 2.24) is 5.32 Å². The van der Waals surface area contributed by atoms with E-state index in [4.69, 9.17) is 4.42 Å². The fraction of sp³-hybridized carbons (Fsp3) is 0.615. The summed E-state index contributed by atoms with van der Waals surface area (Å²) in [6.45, 7) is 2.91. The highest BCUT2D eigenvalue weighted by atomic mass is 16.4. The van der Waals surface area contributed by atoms with Crippen LogP contribution in [0.25, 0.3) is 0 Å². The van der Waals surface area contributed by atoms with E-state index in [-0.39, 0.29) is 5.91 Å². The summed E-state index contributed by atoms with van der Waals surface area (Å²) in [5.74, 6) is 1.57. The molecule has 2 heterocycles. The smallest absolute Gasteiger partial charge is 0.230 e. The fourth-order valence-electron chi connectivity index (χ4n) is 2.17. The molecule has 0 spiro atoms. The van der Waals surface area contributed by atoms with Gasteiger partial charge in [0.1, 0.15) is 5.76 Å². The summed E-state index contributed by atoms with van der Waals surface area (Å²) in [7, 11) is 1.77.